The Morgan fingerprint density at radius 1 is 1.57 bits per heavy atom. The van der Waals surface area contributed by atoms with Crippen molar-refractivity contribution in [2.75, 3.05) is 37.5 Å². The predicted octanol–water partition coefficient (Wildman–Crippen LogP) is 1.55. The zero-order valence-corrected chi connectivity index (χ0v) is 13.2. The summed E-state index contributed by atoms with van der Waals surface area (Å²) in [4.78, 5) is 23.5. The smallest absolute Gasteiger partial charge is 0.307 e. The van der Waals surface area contributed by atoms with Gasteiger partial charge in [0.15, 0.2) is 0 Å². The lowest BCUT2D eigenvalue weighted by Gasteiger charge is -2.36. The average molecular weight is 330 g/mol. The van der Waals surface area contributed by atoms with Crippen molar-refractivity contribution in [3.8, 4) is 0 Å². The maximum Gasteiger partial charge on any atom is 0.307 e. The highest BCUT2D eigenvalue weighted by Gasteiger charge is 2.31. The van der Waals surface area contributed by atoms with Gasteiger partial charge in [0.05, 0.1) is 43.4 Å². The molecule has 1 atom stereocenters. The quantitative estimate of drug-likeness (QED) is 0.615. The Hall–Kier alpha value is -1.05. The molecular formula is C13H16ClN3O3S. The van der Waals surface area contributed by atoms with E-state index in [2.05, 4.69) is 14.9 Å². The van der Waals surface area contributed by atoms with Crippen LogP contribution >= 0.6 is 23.4 Å². The topological polar surface area (TPSA) is 64.6 Å². The van der Waals surface area contributed by atoms with Crippen molar-refractivity contribution in [2.24, 2.45) is 0 Å². The first-order chi connectivity index (χ1) is 10.2. The molecule has 0 amide bonds. The van der Waals surface area contributed by atoms with Crippen molar-refractivity contribution in [1.82, 2.24) is 9.97 Å². The number of morpholine rings is 1. The maximum absolute atomic E-state index is 11.6. The lowest BCUT2D eigenvalue weighted by molar-refractivity contribution is -0.141. The van der Waals surface area contributed by atoms with E-state index in [-0.39, 0.29) is 23.7 Å². The number of nitrogens with zero attached hydrogens (tertiary/aromatic N) is 3. The van der Waals surface area contributed by atoms with Crippen LogP contribution in [0.3, 0.4) is 0 Å². The highest BCUT2D eigenvalue weighted by atomic mass is 35.5. The van der Waals surface area contributed by atoms with E-state index >= 15 is 0 Å². The number of carbonyl (C=O) groups is 1. The second-order valence-electron chi connectivity index (χ2n) is 4.89. The Kier molecular flexibility index (Phi) is 4.51. The predicted molar refractivity (Wildman–Crippen MR) is 80.1 cm³/mol. The molecule has 1 unspecified atom stereocenters. The molecule has 0 bridgehead atoms. The van der Waals surface area contributed by atoms with E-state index in [9.17, 15) is 4.79 Å². The molecule has 0 aliphatic carbocycles. The van der Waals surface area contributed by atoms with E-state index in [4.69, 9.17) is 21.1 Å². The number of thioether (sulfide) groups is 1. The Labute approximate surface area is 132 Å². The molecule has 6 nitrogen and oxygen atoms in total. The average Bonchev–Trinajstić information content (AvgIpc) is 2.95. The van der Waals surface area contributed by atoms with E-state index in [1.807, 2.05) is 0 Å². The molecule has 0 N–H and O–H groups in total. The fraction of sp³-hybridized carbons (Fsp3) is 0.615. The van der Waals surface area contributed by atoms with E-state index in [0.29, 0.717) is 19.8 Å². The van der Waals surface area contributed by atoms with Crippen molar-refractivity contribution >= 4 is 35.1 Å². The molecule has 1 aromatic rings. The minimum Gasteiger partial charge on any atom is -0.469 e. The fourth-order valence-electron chi connectivity index (χ4n) is 2.59. The SMILES string of the molecule is COC(=O)CC1COCCN1c1nc(Cl)nc2c1SCC2. The zero-order valence-electron chi connectivity index (χ0n) is 11.7. The number of fused-ring (bicyclic) bond motifs is 1. The molecule has 0 radical (unpaired) electrons. The number of anilines is 1. The van der Waals surface area contributed by atoms with Gasteiger partial charge in [0.2, 0.25) is 5.28 Å². The number of aromatic nitrogens is 2. The number of esters is 1. The molecule has 114 valence electrons. The lowest BCUT2D eigenvalue weighted by Crippen LogP contribution is -2.47. The highest BCUT2D eigenvalue weighted by molar-refractivity contribution is 7.99. The molecule has 2 aliphatic rings. The maximum atomic E-state index is 11.6. The van der Waals surface area contributed by atoms with Crippen LogP contribution < -0.4 is 4.90 Å². The van der Waals surface area contributed by atoms with Gasteiger partial charge in [-0.2, -0.15) is 4.98 Å². The van der Waals surface area contributed by atoms with Gasteiger partial charge >= 0.3 is 5.97 Å². The number of aryl methyl sites for hydroxylation is 1. The largest absolute Gasteiger partial charge is 0.469 e. The van der Waals surface area contributed by atoms with Crippen molar-refractivity contribution < 1.29 is 14.3 Å². The van der Waals surface area contributed by atoms with Crippen molar-refractivity contribution in [1.29, 1.82) is 0 Å². The number of carbonyl (C=O) groups excluding carboxylic acids is 1. The van der Waals surface area contributed by atoms with Crippen LogP contribution in [0.4, 0.5) is 5.82 Å². The molecule has 1 saturated heterocycles. The highest BCUT2D eigenvalue weighted by Crippen LogP contribution is 2.39. The first-order valence-electron chi connectivity index (χ1n) is 6.79. The monoisotopic (exact) mass is 329 g/mol. The molecule has 8 heteroatoms. The lowest BCUT2D eigenvalue weighted by atomic mass is 10.1. The zero-order chi connectivity index (χ0) is 14.8. The van der Waals surface area contributed by atoms with Crippen LogP contribution in [0, 0.1) is 0 Å². The van der Waals surface area contributed by atoms with Crippen LogP contribution in [0.15, 0.2) is 4.90 Å². The molecule has 3 rings (SSSR count). The third-order valence-electron chi connectivity index (χ3n) is 3.61. The number of methoxy groups -OCH3 is 1. The van der Waals surface area contributed by atoms with Crippen LogP contribution in [0.25, 0.3) is 0 Å². The number of rotatable bonds is 3. The standard InChI is InChI=1S/C13H16ClN3O3S/c1-19-10(18)6-8-7-20-4-3-17(8)12-11-9(2-5-21-11)15-13(14)16-12/h8H,2-7H2,1H3. The Morgan fingerprint density at radius 3 is 3.24 bits per heavy atom. The first kappa shape index (κ1) is 14.9. The Balaban J connectivity index is 1.91. The van der Waals surface area contributed by atoms with E-state index in [1.54, 1.807) is 11.8 Å². The molecular weight excluding hydrogens is 314 g/mol. The third kappa shape index (κ3) is 3.09. The van der Waals surface area contributed by atoms with Gasteiger partial charge in [-0.25, -0.2) is 4.98 Å². The summed E-state index contributed by atoms with van der Waals surface area (Å²) in [7, 11) is 1.39. The van der Waals surface area contributed by atoms with E-state index < -0.39 is 0 Å². The summed E-state index contributed by atoms with van der Waals surface area (Å²) in [5.41, 5.74) is 0.998. The van der Waals surface area contributed by atoms with Gasteiger partial charge in [0.1, 0.15) is 5.82 Å². The minimum atomic E-state index is -0.250. The van der Waals surface area contributed by atoms with E-state index in [0.717, 1.165) is 28.6 Å². The third-order valence-corrected chi connectivity index (χ3v) is 4.89. The number of halogens is 1. The van der Waals surface area contributed by atoms with Gasteiger partial charge in [-0.15, -0.1) is 11.8 Å². The molecule has 0 aromatic carbocycles. The Morgan fingerprint density at radius 2 is 2.43 bits per heavy atom. The summed E-state index contributed by atoms with van der Waals surface area (Å²) in [5.74, 6) is 1.56. The van der Waals surface area contributed by atoms with Crippen molar-refractivity contribution in [3.63, 3.8) is 0 Å². The molecule has 0 saturated carbocycles. The normalized spacial score (nSPS) is 21.2. The van der Waals surface area contributed by atoms with Gasteiger partial charge < -0.3 is 14.4 Å². The minimum absolute atomic E-state index is 0.0810. The summed E-state index contributed by atoms with van der Waals surface area (Å²) in [6.07, 6.45) is 1.18. The summed E-state index contributed by atoms with van der Waals surface area (Å²) in [6, 6.07) is -0.0810. The second kappa shape index (κ2) is 6.37. The molecule has 3 heterocycles. The van der Waals surface area contributed by atoms with Crippen LogP contribution in [0.5, 0.6) is 0 Å². The van der Waals surface area contributed by atoms with Gasteiger partial charge in [-0.3, -0.25) is 4.79 Å². The summed E-state index contributed by atoms with van der Waals surface area (Å²) < 4.78 is 10.3. The molecule has 0 spiro atoms. The van der Waals surface area contributed by atoms with Gasteiger partial charge in [-0.05, 0) is 11.6 Å². The van der Waals surface area contributed by atoms with E-state index in [1.165, 1.54) is 7.11 Å². The van der Waals surface area contributed by atoms with Crippen LogP contribution in [-0.2, 0) is 20.7 Å². The summed E-state index contributed by atoms with van der Waals surface area (Å²) in [5, 5.41) is 0.259. The van der Waals surface area contributed by atoms with Crippen molar-refractivity contribution in [2.45, 2.75) is 23.8 Å². The van der Waals surface area contributed by atoms with Gasteiger partial charge in [0.25, 0.3) is 0 Å². The fourth-order valence-corrected chi connectivity index (χ4v) is 3.88. The number of ether oxygens (including phenoxy) is 2. The number of hydrogen-bond acceptors (Lipinski definition) is 7. The first-order valence-corrected chi connectivity index (χ1v) is 8.16. The van der Waals surface area contributed by atoms with Gasteiger partial charge in [-0.1, -0.05) is 0 Å². The van der Waals surface area contributed by atoms with Crippen LogP contribution in [0.1, 0.15) is 12.1 Å². The summed E-state index contributed by atoms with van der Waals surface area (Å²) >= 11 is 7.79. The number of hydrogen-bond donors (Lipinski definition) is 0. The van der Waals surface area contributed by atoms with Gasteiger partial charge in [0, 0.05) is 18.7 Å². The second-order valence-corrected chi connectivity index (χ2v) is 6.34. The molecule has 1 fully saturated rings. The Bertz CT molecular complexity index is 558. The molecule has 1 aromatic heterocycles. The van der Waals surface area contributed by atoms with Crippen molar-refractivity contribution in [3.05, 3.63) is 11.0 Å². The van der Waals surface area contributed by atoms with Crippen LogP contribution in [0.2, 0.25) is 5.28 Å². The molecule has 21 heavy (non-hydrogen) atoms. The van der Waals surface area contributed by atoms with Crippen LogP contribution in [-0.4, -0.2) is 54.6 Å². The molecule has 2 aliphatic heterocycles. The summed E-state index contributed by atoms with van der Waals surface area (Å²) in [6.45, 7) is 1.77.